The molecule has 0 saturated heterocycles. The van der Waals surface area contributed by atoms with Crippen LogP contribution in [0.3, 0.4) is 0 Å². The summed E-state index contributed by atoms with van der Waals surface area (Å²) >= 11 is 2.87. The summed E-state index contributed by atoms with van der Waals surface area (Å²) in [6.45, 7) is 2.18. The molecule has 21 heavy (non-hydrogen) atoms. The van der Waals surface area contributed by atoms with Gasteiger partial charge in [-0.2, -0.15) is 0 Å². The number of amides is 2. The van der Waals surface area contributed by atoms with Crippen molar-refractivity contribution in [3.8, 4) is 0 Å². The highest BCUT2D eigenvalue weighted by molar-refractivity contribution is 7.17. The highest BCUT2D eigenvalue weighted by atomic mass is 32.1. The smallest absolute Gasteiger partial charge is 0.266 e. The number of hydrogen-bond acceptors (Lipinski definition) is 4. The predicted octanol–water partition coefficient (Wildman–Crippen LogP) is 3.29. The molecule has 2 aromatic heterocycles. The second kappa shape index (κ2) is 5.61. The number of aryl methyl sites for hydroxylation is 1. The first-order valence-corrected chi connectivity index (χ1v) is 8.55. The number of fused-ring (bicyclic) bond motifs is 1. The minimum atomic E-state index is -0.455. The highest BCUT2D eigenvalue weighted by Gasteiger charge is 2.27. The van der Waals surface area contributed by atoms with Crippen LogP contribution in [-0.2, 0) is 12.8 Å². The Kier molecular flexibility index (Phi) is 3.82. The zero-order valence-corrected chi connectivity index (χ0v) is 13.3. The zero-order valence-electron chi connectivity index (χ0n) is 11.6. The van der Waals surface area contributed by atoms with Gasteiger partial charge in [0, 0.05) is 4.88 Å². The number of hydrogen-bond donors (Lipinski definition) is 2. The molecule has 2 amide bonds. The molecule has 1 aliphatic rings. The van der Waals surface area contributed by atoms with Crippen LogP contribution in [0.25, 0.3) is 0 Å². The van der Waals surface area contributed by atoms with Gasteiger partial charge in [-0.3, -0.25) is 9.59 Å². The van der Waals surface area contributed by atoms with Crippen molar-refractivity contribution in [3.05, 3.63) is 38.4 Å². The Bertz CT molecular complexity index is 689. The molecule has 4 nitrogen and oxygen atoms in total. The molecule has 0 bridgehead atoms. The zero-order chi connectivity index (χ0) is 15.0. The van der Waals surface area contributed by atoms with Crippen LogP contribution in [0.4, 0.5) is 5.00 Å². The minimum absolute atomic E-state index is 0.181. The fraction of sp³-hybridized carbons (Fsp3) is 0.333. The molecule has 2 heterocycles. The van der Waals surface area contributed by atoms with E-state index in [0.717, 1.165) is 24.8 Å². The van der Waals surface area contributed by atoms with E-state index in [1.54, 1.807) is 6.07 Å². The number of anilines is 1. The molecule has 0 aliphatic heterocycles. The van der Waals surface area contributed by atoms with Gasteiger partial charge in [0.2, 0.25) is 0 Å². The van der Waals surface area contributed by atoms with Crippen molar-refractivity contribution in [2.45, 2.75) is 26.2 Å². The van der Waals surface area contributed by atoms with Crippen LogP contribution in [-0.4, -0.2) is 11.8 Å². The van der Waals surface area contributed by atoms with E-state index in [4.69, 9.17) is 5.73 Å². The molecule has 1 aliphatic carbocycles. The summed E-state index contributed by atoms with van der Waals surface area (Å²) in [6, 6.07) is 3.59. The second-order valence-electron chi connectivity index (χ2n) is 5.35. The summed E-state index contributed by atoms with van der Waals surface area (Å²) in [4.78, 5) is 25.8. The van der Waals surface area contributed by atoms with Gasteiger partial charge in [0.1, 0.15) is 5.00 Å². The van der Waals surface area contributed by atoms with E-state index >= 15 is 0 Å². The van der Waals surface area contributed by atoms with Crippen molar-refractivity contribution >= 4 is 39.5 Å². The first-order valence-electron chi connectivity index (χ1n) is 6.85. The highest BCUT2D eigenvalue weighted by Crippen LogP contribution is 2.39. The number of nitrogens with two attached hydrogens (primary N) is 1. The monoisotopic (exact) mass is 320 g/mol. The van der Waals surface area contributed by atoms with Crippen LogP contribution in [0.5, 0.6) is 0 Å². The van der Waals surface area contributed by atoms with Crippen LogP contribution in [0, 0.1) is 5.92 Å². The molecular weight excluding hydrogens is 304 g/mol. The molecule has 0 fully saturated rings. The van der Waals surface area contributed by atoms with Gasteiger partial charge in [-0.25, -0.2) is 0 Å². The molecule has 3 N–H and O–H groups in total. The second-order valence-corrected chi connectivity index (χ2v) is 7.40. The van der Waals surface area contributed by atoms with E-state index in [9.17, 15) is 9.59 Å². The van der Waals surface area contributed by atoms with Gasteiger partial charge in [0.15, 0.2) is 0 Å². The van der Waals surface area contributed by atoms with E-state index in [1.807, 2.05) is 11.4 Å². The van der Waals surface area contributed by atoms with Crippen LogP contribution in [0.15, 0.2) is 17.5 Å². The third-order valence-corrected chi connectivity index (χ3v) is 5.80. The predicted molar refractivity (Wildman–Crippen MR) is 86.3 cm³/mol. The maximum absolute atomic E-state index is 12.2. The normalized spacial score (nSPS) is 17.3. The minimum Gasteiger partial charge on any atom is -0.365 e. The summed E-state index contributed by atoms with van der Waals surface area (Å²) in [7, 11) is 0. The van der Waals surface area contributed by atoms with E-state index in [0.29, 0.717) is 21.4 Å². The van der Waals surface area contributed by atoms with Crippen molar-refractivity contribution in [1.82, 2.24) is 0 Å². The summed E-state index contributed by atoms with van der Waals surface area (Å²) in [6.07, 6.45) is 2.93. The molecule has 0 spiro atoms. The Hall–Kier alpha value is -1.66. The third kappa shape index (κ3) is 2.73. The van der Waals surface area contributed by atoms with Crippen molar-refractivity contribution in [3.63, 3.8) is 0 Å². The molecule has 6 heteroatoms. The molecule has 0 aromatic carbocycles. The summed E-state index contributed by atoms with van der Waals surface area (Å²) < 4.78 is 0. The number of carbonyl (C=O) groups excluding carboxylic acids is 2. The Balaban J connectivity index is 1.95. The number of nitrogens with one attached hydrogen (secondary N) is 1. The van der Waals surface area contributed by atoms with E-state index in [2.05, 4.69) is 12.2 Å². The van der Waals surface area contributed by atoms with Crippen LogP contribution < -0.4 is 11.1 Å². The first-order chi connectivity index (χ1) is 10.1. The molecule has 0 saturated carbocycles. The van der Waals surface area contributed by atoms with E-state index in [-0.39, 0.29) is 5.91 Å². The average molecular weight is 320 g/mol. The van der Waals surface area contributed by atoms with Crippen molar-refractivity contribution in [2.75, 3.05) is 5.32 Å². The molecule has 2 aromatic rings. The third-order valence-electron chi connectivity index (χ3n) is 3.73. The van der Waals surface area contributed by atoms with Crippen LogP contribution >= 0.6 is 22.7 Å². The van der Waals surface area contributed by atoms with E-state index < -0.39 is 5.91 Å². The lowest BCUT2D eigenvalue weighted by Crippen LogP contribution is -2.19. The lowest BCUT2D eigenvalue weighted by Gasteiger charge is -2.18. The first kappa shape index (κ1) is 14.3. The number of carbonyl (C=O) groups is 2. The van der Waals surface area contributed by atoms with Gasteiger partial charge in [0.05, 0.1) is 10.4 Å². The average Bonchev–Trinajstić information content (AvgIpc) is 3.04. The standard InChI is InChI=1S/C15H16N2O2S2/c1-8-4-5-10-9(7-8)12(13(16)18)15(21-10)17-14(19)11-3-2-6-20-11/h2-3,6,8H,4-5,7H2,1H3,(H2,16,18)(H,17,19)/t8-/m1/s1. The SMILES string of the molecule is C[C@@H]1CCc2sc(NC(=O)c3cccs3)c(C(N)=O)c2C1. The number of thiophene rings is 2. The van der Waals surface area contributed by atoms with Crippen LogP contribution in [0.1, 0.15) is 43.8 Å². The maximum atomic E-state index is 12.2. The van der Waals surface area contributed by atoms with Crippen LogP contribution in [0.2, 0.25) is 0 Å². The topological polar surface area (TPSA) is 72.2 Å². The number of rotatable bonds is 3. The number of primary amides is 1. The molecule has 1 atom stereocenters. The maximum Gasteiger partial charge on any atom is 0.266 e. The van der Waals surface area contributed by atoms with Gasteiger partial charge < -0.3 is 11.1 Å². The molecule has 110 valence electrons. The molecule has 3 rings (SSSR count). The fourth-order valence-electron chi connectivity index (χ4n) is 2.68. The Morgan fingerprint density at radius 2 is 2.24 bits per heavy atom. The molecule has 0 unspecified atom stereocenters. The lowest BCUT2D eigenvalue weighted by atomic mass is 9.87. The largest absolute Gasteiger partial charge is 0.365 e. The Morgan fingerprint density at radius 1 is 1.43 bits per heavy atom. The van der Waals surface area contributed by atoms with Gasteiger partial charge in [-0.05, 0) is 42.2 Å². The lowest BCUT2D eigenvalue weighted by molar-refractivity contribution is 0.1000. The van der Waals surface area contributed by atoms with Gasteiger partial charge >= 0.3 is 0 Å². The quantitative estimate of drug-likeness (QED) is 0.911. The van der Waals surface area contributed by atoms with Crippen molar-refractivity contribution < 1.29 is 9.59 Å². The summed E-state index contributed by atoms with van der Waals surface area (Å²) in [5.41, 5.74) is 7.08. The molecule has 0 radical (unpaired) electrons. The summed E-state index contributed by atoms with van der Waals surface area (Å²) in [5.74, 6) is -0.0896. The van der Waals surface area contributed by atoms with Gasteiger partial charge in [-0.1, -0.05) is 13.0 Å². The Labute approximate surface area is 131 Å². The van der Waals surface area contributed by atoms with Gasteiger partial charge in [-0.15, -0.1) is 22.7 Å². The van der Waals surface area contributed by atoms with Crippen molar-refractivity contribution in [2.24, 2.45) is 11.7 Å². The summed E-state index contributed by atoms with van der Waals surface area (Å²) in [5, 5.41) is 5.30. The molecular formula is C15H16N2O2S2. The fourth-order valence-corrected chi connectivity index (χ4v) is 4.54. The Morgan fingerprint density at radius 3 is 2.90 bits per heavy atom. The van der Waals surface area contributed by atoms with E-state index in [1.165, 1.54) is 27.6 Å². The van der Waals surface area contributed by atoms with Crippen molar-refractivity contribution in [1.29, 1.82) is 0 Å². The van der Waals surface area contributed by atoms with Gasteiger partial charge in [0.25, 0.3) is 11.8 Å².